The molecule has 1 aliphatic rings. The molecule has 0 aromatic carbocycles. The molecule has 0 spiro atoms. The average Bonchev–Trinajstić information content (AvgIpc) is 2.66. The summed E-state index contributed by atoms with van der Waals surface area (Å²) >= 11 is 0. The molecule has 0 aromatic rings. The molecule has 0 aromatic heterocycles. The van der Waals surface area contributed by atoms with Crippen molar-refractivity contribution in [3.8, 4) is 0 Å². The Morgan fingerprint density at radius 2 is 2.15 bits per heavy atom. The van der Waals surface area contributed by atoms with Crippen LogP contribution in [0, 0.1) is 0 Å². The fraction of sp³-hybridized carbons (Fsp3) is 0.417. The van der Waals surface area contributed by atoms with Crippen LogP contribution in [0.2, 0.25) is 0 Å². The molecule has 1 heteroatoms. The predicted octanol–water partition coefficient (Wildman–Crippen LogP) is 3.28. The molecule has 0 amide bonds. The summed E-state index contributed by atoms with van der Waals surface area (Å²) in [5, 5.41) is 0. The van der Waals surface area contributed by atoms with E-state index in [2.05, 4.69) is 31.2 Å². The minimum Gasteiger partial charge on any atom is -0.238 e. The molecular formula is C12H18S. The number of hydrogen-bond acceptors (Lipinski definition) is 0. The van der Waals surface area contributed by atoms with E-state index in [1.54, 1.807) is 0 Å². The third-order valence-electron chi connectivity index (χ3n) is 2.14. The van der Waals surface area contributed by atoms with E-state index in [1.165, 1.54) is 22.8 Å². The lowest BCUT2D eigenvalue weighted by Crippen LogP contribution is -1.91. The lowest BCUT2D eigenvalue weighted by molar-refractivity contribution is 1.46. The summed E-state index contributed by atoms with van der Waals surface area (Å²) in [5.74, 6) is 4.10. The van der Waals surface area contributed by atoms with Gasteiger partial charge in [-0.2, -0.15) is 0 Å². The van der Waals surface area contributed by atoms with Gasteiger partial charge in [0.05, 0.1) is 0 Å². The van der Waals surface area contributed by atoms with E-state index in [-0.39, 0.29) is 10.0 Å². The summed E-state index contributed by atoms with van der Waals surface area (Å²) in [6.45, 7) is 9.54. The predicted molar refractivity (Wildman–Crippen MR) is 64.7 cm³/mol. The molecular weight excluding hydrogens is 176 g/mol. The van der Waals surface area contributed by atoms with Gasteiger partial charge in [-0.1, -0.05) is 24.8 Å². The lowest BCUT2D eigenvalue weighted by Gasteiger charge is -2.13. The summed E-state index contributed by atoms with van der Waals surface area (Å²) in [6, 6.07) is 0. The summed E-state index contributed by atoms with van der Waals surface area (Å²) in [5.41, 5.74) is 5.31. The Kier molecular flexibility index (Phi) is 3.24. The van der Waals surface area contributed by atoms with Gasteiger partial charge in [0, 0.05) is 5.75 Å². The van der Waals surface area contributed by atoms with E-state index in [9.17, 15) is 0 Å². The first kappa shape index (κ1) is 10.4. The van der Waals surface area contributed by atoms with Crippen LogP contribution in [-0.2, 0) is 0 Å². The van der Waals surface area contributed by atoms with Crippen LogP contribution >= 0.6 is 10.0 Å². The molecule has 0 saturated carbocycles. The van der Waals surface area contributed by atoms with Crippen LogP contribution in [0.3, 0.4) is 0 Å². The van der Waals surface area contributed by atoms with Gasteiger partial charge in [-0.05, 0) is 36.3 Å². The molecule has 0 unspecified atom stereocenters. The zero-order chi connectivity index (χ0) is 9.90. The maximum absolute atomic E-state index is 3.89. The van der Waals surface area contributed by atoms with E-state index in [4.69, 9.17) is 0 Å². The topological polar surface area (TPSA) is 0 Å². The van der Waals surface area contributed by atoms with Gasteiger partial charge < -0.3 is 0 Å². The Hall–Kier alpha value is -0.650. The van der Waals surface area contributed by atoms with Gasteiger partial charge in [0.15, 0.2) is 0 Å². The summed E-state index contributed by atoms with van der Waals surface area (Å²) < 4.78 is 0. The highest BCUT2D eigenvalue weighted by molar-refractivity contribution is 8.39. The highest BCUT2D eigenvalue weighted by Crippen LogP contribution is 2.58. The molecule has 72 valence electrons. The Morgan fingerprint density at radius 1 is 1.54 bits per heavy atom. The fourth-order valence-electron chi connectivity index (χ4n) is 1.26. The second-order valence-electron chi connectivity index (χ2n) is 3.95. The third-order valence-corrected chi connectivity index (χ3v) is 4.97. The number of allylic oxidation sites excluding steroid dienone is 3. The van der Waals surface area contributed by atoms with Crippen LogP contribution in [0.4, 0.5) is 0 Å². The molecule has 1 saturated heterocycles. The highest BCUT2D eigenvalue weighted by atomic mass is 32.3. The van der Waals surface area contributed by atoms with Crippen molar-refractivity contribution >= 4 is 10.0 Å². The van der Waals surface area contributed by atoms with Gasteiger partial charge in [-0.15, -0.1) is 5.73 Å². The average molecular weight is 194 g/mol. The van der Waals surface area contributed by atoms with Crippen LogP contribution in [0.25, 0.3) is 0 Å². The summed E-state index contributed by atoms with van der Waals surface area (Å²) in [4.78, 5) is 0. The quantitative estimate of drug-likeness (QED) is 0.366. The second-order valence-corrected chi connectivity index (χ2v) is 8.01. The molecule has 0 N–H and O–H groups in total. The highest BCUT2D eigenvalue weighted by Gasteiger charge is 2.31. The SMILES string of the molecule is C=C=C/C(=C/C(=C)C)CS1(C)CC1. The number of rotatable bonds is 4. The normalized spacial score (nSPS) is 21.5. The molecule has 0 atom stereocenters. The minimum absolute atomic E-state index is 0.250. The van der Waals surface area contributed by atoms with Gasteiger partial charge in [-0.25, -0.2) is 10.0 Å². The molecule has 0 bridgehead atoms. The standard InChI is InChI=1S/C12H18S/c1-5-6-12(9-11(2)3)10-13(4)7-8-13/h6,9H,1-2,7-8,10H2,3-4H3/b12-9-. The lowest BCUT2D eigenvalue weighted by atomic mass is 10.2. The summed E-state index contributed by atoms with van der Waals surface area (Å²) in [6.07, 6.45) is 6.55. The first-order chi connectivity index (χ1) is 6.06. The largest absolute Gasteiger partial charge is 0.238 e. The van der Waals surface area contributed by atoms with Gasteiger partial charge in [-0.3, -0.25) is 0 Å². The Labute approximate surface area is 83.0 Å². The van der Waals surface area contributed by atoms with E-state index in [1.807, 2.05) is 13.0 Å². The van der Waals surface area contributed by atoms with E-state index in [0.717, 1.165) is 5.57 Å². The van der Waals surface area contributed by atoms with E-state index < -0.39 is 0 Å². The smallest absolute Gasteiger partial charge is 0.00295 e. The van der Waals surface area contributed by atoms with Crippen molar-refractivity contribution in [2.24, 2.45) is 0 Å². The van der Waals surface area contributed by atoms with Gasteiger partial charge in [0.25, 0.3) is 0 Å². The van der Waals surface area contributed by atoms with Crippen molar-refractivity contribution in [2.75, 3.05) is 23.5 Å². The zero-order valence-electron chi connectivity index (χ0n) is 8.60. The molecule has 1 aliphatic heterocycles. The monoisotopic (exact) mass is 194 g/mol. The first-order valence-corrected chi connectivity index (χ1v) is 7.04. The maximum Gasteiger partial charge on any atom is 0.00295 e. The molecule has 0 aliphatic carbocycles. The zero-order valence-corrected chi connectivity index (χ0v) is 9.41. The second kappa shape index (κ2) is 4.04. The van der Waals surface area contributed by atoms with Crippen molar-refractivity contribution in [3.63, 3.8) is 0 Å². The number of hydrogen-bond donors (Lipinski definition) is 0. The van der Waals surface area contributed by atoms with Crippen LogP contribution < -0.4 is 0 Å². The van der Waals surface area contributed by atoms with E-state index >= 15 is 0 Å². The molecule has 1 fully saturated rings. The minimum atomic E-state index is -0.250. The maximum atomic E-state index is 3.89. The first-order valence-electron chi connectivity index (χ1n) is 4.49. The molecule has 1 rings (SSSR count). The Morgan fingerprint density at radius 3 is 2.54 bits per heavy atom. The van der Waals surface area contributed by atoms with Gasteiger partial charge in [0.2, 0.25) is 0 Å². The van der Waals surface area contributed by atoms with Gasteiger partial charge >= 0.3 is 0 Å². The van der Waals surface area contributed by atoms with Crippen molar-refractivity contribution in [3.05, 3.63) is 42.2 Å². The van der Waals surface area contributed by atoms with Crippen molar-refractivity contribution in [1.29, 1.82) is 0 Å². The summed E-state index contributed by atoms with van der Waals surface area (Å²) in [7, 11) is -0.250. The third kappa shape index (κ3) is 3.71. The van der Waals surface area contributed by atoms with Crippen LogP contribution in [0.1, 0.15) is 6.92 Å². The van der Waals surface area contributed by atoms with E-state index in [0.29, 0.717) is 0 Å². The van der Waals surface area contributed by atoms with Crippen LogP contribution in [0.5, 0.6) is 0 Å². The van der Waals surface area contributed by atoms with Crippen LogP contribution in [-0.4, -0.2) is 23.5 Å². The molecule has 0 radical (unpaired) electrons. The van der Waals surface area contributed by atoms with Crippen molar-refractivity contribution < 1.29 is 0 Å². The molecule has 1 heterocycles. The Balaban J connectivity index is 2.67. The Bertz CT molecular complexity index is 286. The van der Waals surface area contributed by atoms with Crippen molar-refractivity contribution in [1.82, 2.24) is 0 Å². The van der Waals surface area contributed by atoms with Crippen molar-refractivity contribution in [2.45, 2.75) is 6.92 Å². The molecule has 13 heavy (non-hydrogen) atoms. The molecule has 0 nitrogen and oxygen atoms in total. The van der Waals surface area contributed by atoms with Crippen LogP contribution in [0.15, 0.2) is 42.2 Å². The van der Waals surface area contributed by atoms with Gasteiger partial charge in [0.1, 0.15) is 0 Å². The fourth-order valence-corrected chi connectivity index (χ4v) is 3.66.